The van der Waals surface area contributed by atoms with Crippen molar-refractivity contribution < 1.29 is 23.1 Å². The van der Waals surface area contributed by atoms with E-state index in [0.717, 1.165) is 12.1 Å². The standard InChI is InChI=1S/C10H10F2N2O3/c1-17-4-7(15)14-9-6(11)3-2-5(8(9)12)10(13)16/h2-3H,4H2,1H3,(H2,13,16)(H,14,15). The van der Waals surface area contributed by atoms with Crippen molar-refractivity contribution in [2.45, 2.75) is 0 Å². The third kappa shape index (κ3) is 2.97. The lowest BCUT2D eigenvalue weighted by Gasteiger charge is -2.09. The fourth-order valence-corrected chi connectivity index (χ4v) is 1.16. The SMILES string of the molecule is COCC(=O)Nc1c(F)ccc(C(N)=O)c1F. The number of ether oxygens (including phenoxy) is 1. The molecule has 0 spiro atoms. The van der Waals surface area contributed by atoms with Crippen molar-refractivity contribution >= 4 is 17.5 Å². The average Bonchev–Trinajstić information content (AvgIpc) is 2.24. The number of hydrogen-bond acceptors (Lipinski definition) is 3. The molecular weight excluding hydrogens is 234 g/mol. The van der Waals surface area contributed by atoms with Gasteiger partial charge >= 0.3 is 0 Å². The summed E-state index contributed by atoms with van der Waals surface area (Å²) in [6.45, 7) is -0.361. The van der Waals surface area contributed by atoms with Crippen LogP contribution >= 0.6 is 0 Å². The Hall–Kier alpha value is -2.02. The summed E-state index contributed by atoms with van der Waals surface area (Å²) < 4.78 is 31.3. The van der Waals surface area contributed by atoms with E-state index in [1.165, 1.54) is 7.11 Å². The zero-order valence-corrected chi connectivity index (χ0v) is 8.92. The molecule has 1 aromatic carbocycles. The molecule has 0 saturated heterocycles. The molecule has 0 atom stereocenters. The molecule has 0 heterocycles. The molecule has 0 aliphatic rings. The molecule has 0 saturated carbocycles. The lowest BCUT2D eigenvalue weighted by molar-refractivity contribution is -0.119. The van der Waals surface area contributed by atoms with E-state index in [2.05, 4.69) is 4.74 Å². The van der Waals surface area contributed by atoms with Gasteiger partial charge in [0, 0.05) is 7.11 Å². The normalized spacial score (nSPS) is 10.1. The zero-order valence-electron chi connectivity index (χ0n) is 8.92. The van der Waals surface area contributed by atoms with Gasteiger partial charge in [0.05, 0.1) is 5.56 Å². The minimum Gasteiger partial charge on any atom is -0.375 e. The van der Waals surface area contributed by atoms with Gasteiger partial charge in [-0.1, -0.05) is 0 Å². The highest BCUT2D eigenvalue weighted by Crippen LogP contribution is 2.21. The first-order valence-electron chi connectivity index (χ1n) is 4.54. The van der Waals surface area contributed by atoms with Crippen molar-refractivity contribution in [1.29, 1.82) is 0 Å². The van der Waals surface area contributed by atoms with Crippen LogP contribution in [0.2, 0.25) is 0 Å². The molecule has 92 valence electrons. The molecule has 3 N–H and O–H groups in total. The summed E-state index contributed by atoms with van der Waals surface area (Å²) in [6.07, 6.45) is 0. The predicted molar refractivity (Wildman–Crippen MR) is 55.4 cm³/mol. The molecular formula is C10H10F2N2O3. The Kier molecular flexibility index (Phi) is 4.11. The summed E-state index contributed by atoms with van der Waals surface area (Å²) in [6, 6.07) is 1.74. The second-order valence-corrected chi connectivity index (χ2v) is 3.13. The van der Waals surface area contributed by atoms with E-state index in [1.807, 2.05) is 5.32 Å². The van der Waals surface area contributed by atoms with Crippen LogP contribution in [0.15, 0.2) is 12.1 Å². The highest BCUT2D eigenvalue weighted by molar-refractivity contribution is 5.97. The number of benzene rings is 1. The van der Waals surface area contributed by atoms with E-state index in [0.29, 0.717) is 0 Å². The number of amides is 2. The third-order valence-corrected chi connectivity index (χ3v) is 1.90. The predicted octanol–water partition coefficient (Wildman–Crippen LogP) is 0.649. The summed E-state index contributed by atoms with van der Waals surface area (Å²) in [5.74, 6) is -4.00. The molecule has 0 aliphatic carbocycles. The van der Waals surface area contributed by atoms with Crippen LogP contribution in [0.3, 0.4) is 0 Å². The Morgan fingerprint density at radius 2 is 2.06 bits per heavy atom. The third-order valence-electron chi connectivity index (χ3n) is 1.90. The highest BCUT2D eigenvalue weighted by atomic mass is 19.1. The van der Waals surface area contributed by atoms with Crippen molar-refractivity contribution in [3.63, 3.8) is 0 Å². The second-order valence-electron chi connectivity index (χ2n) is 3.13. The first kappa shape index (κ1) is 13.0. The van der Waals surface area contributed by atoms with Crippen LogP contribution < -0.4 is 11.1 Å². The van der Waals surface area contributed by atoms with E-state index in [4.69, 9.17) is 5.73 Å². The second kappa shape index (κ2) is 5.35. The van der Waals surface area contributed by atoms with Gasteiger partial charge in [-0.2, -0.15) is 0 Å². The maximum atomic E-state index is 13.6. The van der Waals surface area contributed by atoms with Gasteiger partial charge in [0.2, 0.25) is 0 Å². The number of nitrogens with one attached hydrogen (secondary N) is 1. The fourth-order valence-electron chi connectivity index (χ4n) is 1.16. The van der Waals surface area contributed by atoms with Crippen molar-refractivity contribution in [3.8, 4) is 0 Å². The average molecular weight is 244 g/mol. The van der Waals surface area contributed by atoms with Crippen LogP contribution in [-0.2, 0) is 9.53 Å². The Labute approximate surface area is 95.5 Å². The largest absolute Gasteiger partial charge is 0.375 e. The van der Waals surface area contributed by atoms with E-state index in [1.54, 1.807) is 0 Å². The number of anilines is 1. The van der Waals surface area contributed by atoms with Gasteiger partial charge in [-0.15, -0.1) is 0 Å². The van der Waals surface area contributed by atoms with E-state index in [-0.39, 0.29) is 6.61 Å². The molecule has 5 nitrogen and oxygen atoms in total. The fraction of sp³-hybridized carbons (Fsp3) is 0.200. The Bertz CT molecular complexity index is 463. The van der Waals surface area contributed by atoms with Crippen molar-refractivity contribution in [2.75, 3.05) is 19.0 Å². The molecule has 0 aromatic heterocycles. The molecule has 2 amide bonds. The quantitative estimate of drug-likeness (QED) is 0.815. The van der Waals surface area contributed by atoms with Crippen LogP contribution in [0, 0.1) is 11.6 Å². The molecule has 17 heavy (non-hydrogen) atoms. The summed E-state index contributed by atoms with van der Waals surface area (Å²) in [4.78, 5) is 21.9. The number of primary amides is 1. The van der Waals surface area contributed by atoms with E-state index >= 15 is 0 Å². The van der Waals surface area contributed by atoms with Gasteiger partial charge in [-0.25, -0.2) is 8.78 Å². The Balaban J connectivity index is 3.09. The lowest BCUT2D eigenvalue weighted by Crippen LogP contribution is -2.21. The number of rotatable bonds is 4. The van der Waals surface area contributed by atoms with Gasteiger partial charge in [0.15, 0.2) is 5.82 Å². The number of carbonyl (C=O) groups is 2. The minimum atomic E-state index is -1.21. The van der Waals surface area contributed by atoms with Crippen LogP contribution in [0.4, 0.5) is 14.5 Å². The van der Waals surface area contributed by atoms with Crippen LogP contribution in [0.1, 0.15) is 10.4 Å². The summed E-state index contributed by atoms with van der Waals surface area (Å²) in [7, 11) is 1.26. The van der Waals surface area contributed by atoms with Gasteiger partial charge in [0.1, 0.15) is 18.1 Å². The summed E-state index contributed by atoms with van der Waals surface area (Å²) in [5.41, 5.74) is 3.66. The van der Waals surface area contributed by atoms with Crippen molar-refractivity contribution in [2.24, 2.45) is 5.73 Å². The molecule has 7 heteroatoms. The highest BCUT2D eigenvalue weighted by Gasteiger charge is 2.18. The van der Waals surface area contributed by atoms with E-state index in [9.17, 15) is 18.4 Å². The van der Waals surface area contributed by atoms with E-state index < -0.39 is 34.7 Å². The van der Waals surface area contributed by atoms with Gasteiger partial charge in [-0.3, -0.25) is 9.59 Å². The number of methoxy groups -OCH3 is 1. The molecule has 1 aromatic rings. The molecule has 0 unspecified atom stereocenters. The number of nitrogens with two attached hydrogens (primary N) is 1. The van der Waals surface area contributed by atoms with Crippen LogP contribution in [0.25, 0.3) is 0 Å². The van der Waals surface area contributed by atoms with Gasteiger partial charge in [-0.05, 0) is 12.1 Å². The summed E-state index contributed by atoms with van der Waals surface area (Å²) in [5, 5.41) is 1.95. The first-order valence-corrected chi connectivity index (χ1v) is 4.54. The van der Waals surface area contributed by atoms with Crippen LogP contribution in [-0.4, -0.2) is 25.5 Å². The lowest BCUT2D eigenvalue weighted by atomic mass is 10.1. The monoisotopic (exact) mass is 244 g/mol. The number of carbonyl (C=O) groups excluding carboxylic acids is 2. The van der Waals surface area contributed by atoms with Crippen LogP contribution in [0.5, 0.6) is 0 Å². The maximum Gasteiger partial charge on any atom is 0.251 e. The van der Waals surface area contributed by atoms with Crippen molar-refractivity contribution in [1.82, 2.24) is 0 Å². The topological polar surface area (TPSA) is 81.4 Å². The van der Waals surface area contributed by atoms with Gasteiger partial charge < -0.3 is 15.8 Å². The first-order chi connectivity index (χ1) is 7.97. The zero-order chi connectivity index (χ0) is 13.0. The van der Waals surface area contributed by atoms with Gasteiger partial charge in [0.25, 0.3) is 11.8 Å². The number of hydrogen-bond donors (Lipinski definition) is 2. The Morgan fingerprint density at radius 3 is 2.59 bits per heavy atom. The maximum absolute atomic E-state index is 13.6. The molecule has 0 radical (unpaired) electrons. The summed E-state index contributed by atoms with van der Waals surface area (Å²) >= 11 is 0. The molecule has 0 fully saturated rings. The molecule has 1 rings (SSSR count). The Morgan fingerprint density at radius 1 is 1.41 bits per heavy atom. The number of halogens is 2. The smallest absolute Gasteiger partial charge is 0.251 e. The van der Waals surface area contributed by atoms with Crippen molar-refractivity contribution in [3.05, 3.63) is 29.3 Å². The minimum absolute atomic E-state index is 0.361. The molecule has 0 aliphatic heterocycles. The molecule has 0 bridgehead atoms.